The van der Waals surface area contributed by atoms with Gasteiger partial charge in [-0.05, 0) is 30.5 Å². The number of carbonyl (C=O) groups excluding carboxylic acids is 3. The van der Waals surface area contributed by atoms with E-state index in [1.54, 1.807) is 24.3 Å². The number of nitrogens with one attached hydrogen (secondary N) is 3. The molecule has 0 spiro atoms. The number of primary amides is 1. The lowest BCUT2D eigenvalue weighted by molar-refractivity contribution is -0.158. The standard InChI is InChI=1S/C24H36N4O7/c1-35-16-9-7-14(8-10-16)11-17(21(25)31)27-22(32)24(34)12-18(20(30)19(29)13-24)28-23(33)26-15-5-3-2-4-6-15/h7-10,15,17-20,29-30,34H,2-6,11-13H2,1H3,(H2,25,31)(H,27,32)(H2,26,28,33)/t17-,18-,19+,20+,24-/m0/s1. The monoisotopic (exact) mass is 492 g/mol. The van der Waals surface area contributed by atoms with Gasteiger partial charge in [-0.2, -0.15) is 0 Å². The van der Waals surface area contributed by atoms with Crippen LogP contribution in [0.5, 0.6) is 5.75 Å². The molecular formula is C24H36N4O7. The summed E-state index contributed by atoms with van der Waals surface area (Å²) in [6.45, 7) is 0. The SMILES string of the molecule is COc1ccc(C[C@H](NC(=O)[C@@]2(O)C[C@@H](O)[C@H](O)[C@@H](NC(=O)NC3CCCCC3)C2)C(N)=O)cc1. The van der Waals surface area contributed by atoms with Crippen LogP contribution >= 0.6 is 0 Å². The van der Waals surface area contributed by atoms with Crippen molar-refractivity contribution in [2.24, 2.45) is 5.73 Å². The first-order valence-corrected chi connectivity index (χ1v) is 12.0. The fourth-order valence-electron chi connectivity index (χ4n) is 4.78. The first kappa shape index (κ1) is 26.7. The van der Waals surface area contributed by atoms with Gasteiger partial charge in [0.25, 0.3) is 5.91 Å². The molecule has 0 unspecified atom stereocenters. The third-order valence-electron chi connectivity index (χ3n) is 6.84. The minimum absolute atomic E-state index is 0.0193. The Morgan fingerprint density at radius 1 is 1.09 bits per heavy atom. The zero-order chi connectivity index (χ0) is 25.6. The lowest BCUT2D eigenvalue weighted by Crippen LogP contribution is -2.65. The third kappa shape index (κ3) is 7.06. The molecule has 0 saturated heterocycles. The van der Waals surface area contributed by atoms with Crippen molar-refractivity contribution in [1.82, 2.24) is 16.0 Å². The molecule has 0 heterocycles. The molecule has 194 valence electrons. The van der Waals surface area contributed by atoms with E-state index in [-0.39, 0.29) is 18.9 Å². The first-order valence-electron chi connectivity index (χ1n) is 12.0. The lowest BCUT2D eigenvalue weighted by atomic mass is 9.77. The summed E-state index contributed by atoms with van der Waals surface area (Å²) in [5, 5.41) is 39.7. The minimum atomic E-state index is -2.13. The molecule has 8 N–H and O–H groups in total. The molecule has 1 aromatic rings. The van der Waals surface area contributed by atoms with Crippen molar-refractivity contribution in [3.05, 3.63) is 29.8 Å². The van der Waals surface area contributed by atoms with E-state index in [0.717, 1.165) is 32.1 Å². The van der Waals surface area contributed by atoms with Gasteiger partial charge >= 0.3 is 6.03 Å². The van der Waals surface area contributed by atoms with Crippen molar-refractivity contribution in [2.45, 2.75) is 87.3 Å². The molecule has 4 amide bonds. The van der Waals surface area contributed by atoms with Crippen LogP contribution in [-0.4, -0.2) is 76.2 Å². The summed E-state index contributed by atoms with van der Waals surface area (Å²) < 4.78 is 5.10. The van der Waals surface area contributed by atoms with Gasteiger partial charge < -0.3 is 41.7 Å². The molecule has 1 aromatic carbocycles. The zero-order valence-corrected chi connectivity index (χ0v) is 19.9. The maximum atomic E-state index is 13.0. The van der Waals surface area contributed by atoms with Gasteiger partial charge in [0.05, 0.1) is 19.3 Å². The van der Waals surface area contributed by atoms with E-state index in [4.69, 9.17) is 10.5 Å². The number of aliphatic hydroxyl groups excluding tert-OH is 2. The van der Waals surface area contributed by atoms with Crippen molar-refractivity contribution in [1.29, 1.82) is 0 Å². The predicted molar refractivity (Wildman–Crippen MR) is 126 cm³/mol. The second-order valence-electron chi connectivity index (χ2n) is 9.54. The van der Waals surface area contributed by atoms with Gasteiger partial charge in [0.15, 0.2) is 0 Å². The van der Waals surface area contributed by atoms with Gasteiger partial charge in [-0.3, -0.25) is 9.59 Å². The Balaban J connectivity index is 1.64. The van der Waals surface area contributed by atoms with Crippen molar-refractivity contribution in [3.63, 3.8) is 0 Å². The highest BCUT2D eigenvalue weighted by Gasteiger charge is 2.49. The third-order valence-corrected chi connectivity index (χ3v) is 6.84. The van der Waals surface area contributed by atoms with Gasteiger partial charge in [0.1, 0.15) is 23.5 Å². The van der Waals surface area contributed by atoms with Crippen molar-refractivity contribution in [2.75, 3.05) is 7.11 Å². The summed E-state index contributed by atoms with van der Waals surface area (Å²) in [7, 11) is 1.53. The number of urea groups is 1. The van der Waals surface area contributed by atoms with Crippen LogP contribution in [0, 0.1) is 0 Å². The summed E-state index contributed by atoms with van der Waals surface area (Å²) in [5.74, 6) is -1.08. The number of ether oxygens (including phenoxy) is 1. The predicted octanol–water partition coefficient (Wildman–Crippen LogP) is -0.545. The number of rotatable bonds is 8. The van der Waals surface area contributed by atoms with Crippen LogP contribution in [0.25, 0.3) is 0 Å². The quantitative estimate of drug-likeness (QED) is 0.254. The molecule has 2 aliphatic carbocycles. The summed E-state index contributed by atoms with van der Waals surface area (Å²) >= 11 is 0. The van der Waals surface area contributed by atoms with Gasteiger partial charge in [-0.1, -0.05) is 31.4 Å². The van der Waals surface area contributed by atoms with Gasteiger partial charge in [-0.25, -0.2) is 4.79 Å². The van der Waals surface area contributed by atoms with Crippen LogP contribution in [0.2, 0.25) is 0 Å². The van der Waals surface area contributed by atoms with Gasteiger partial charge in [-0.15, -0.1) is 0 Å². The second-order valence-corrected chi connectivity index (χ2v) is 9.54. The van der Waals surface area contributed by atoms with Crippen LogP contribution in [0.1, 0.15) is 50.5 Å². The summed E-state index contributed by atoms with van der Waals surface area (Å²) in [6, 6.07) is 4.14. The van der Waals surface area contributed by atoms with E-state index in [9.17, 15) is 29.7 Å². The molecule has 11 heteroatoms. The van der Waals surface area contributed by atoms with Crippen LogP contribution in [0.15, 0.2) is 24.3 Å². The Hall–Kier alpha value is -2.89. The average Bonchev–Trinajstić information content (AvgIpc) is 2.82. The number of methoxy groups -OCH3 is 1. The normalized spacial score (nSPS) is 27.9. The van der Waals surface area contributed by atoms with E-state index in [1.807, 2.05) is 0 Å². The van der Waals surface area contributed by atoms with E-state index in [2.05, 4.69) is 16.0 Å². The Kier molecular flexibility index (Phi) is 8.92. The summed E-state index contributed by atoms with van der Waals surface area (Å²) in [4.78, 5) is 37.5. The summed E-state index contributed by atoms with van der Waals surface area (Å²) in [6.07, 6.45) is 1.33. The Labute approximate surface area is 204 Å². The number of aliphatic hydroxyl groups is 3. The van der Waals surface area contributed by atoms with Crippen LogP contribution in [-0.2, 0) is 16.0 Å². The largest absolute Gasteiger partial charge is 0.497 e. The number of carbonyl (C=O) groups is 3. The highest BCUT2D eigenvalue weighted by Crippen LogP contribution is 2.30. The Morgan fingerprint density at radius 2 is 1.74 bits per heavy atom. The molecule has 0 aromatic heterocycles. The van der Waals surface area contributed by atoms with Gasteiger partial charge in [0, 0.05) is 25.3 Å². The fourth-order valence-corrected chi connectivity index (χ4v) is 4.78. The second kappa shape index (κ2) is 11.7. The van der Waals surface area contributed by atoms with Crippen molar-refractivity contribution >= 4 is 17.8 Å². The maximum absolute atomic E-state index is 13.0. The Morgan fingerprint density at radius 3 is 2.34 bits per heavy atom. The van der Waals surface area contributed by atoms with E-state index >= 15 is 0 Å². The number of nitrogens with two attached hydrogens (primary N) is 1. The molecule has 35 heavy (non-hydrogen) atoms. The Bertz CT molecular complexity index is 890. The smallest absolute Gasteiger partial charge is 0.315 e. The van der Waals surface area contributed by atoms with Crippen molar-refractivity contribution in [3.8, 4) is 5.75 Å². The van der Waals surface area contributed by atoms with E-state index < -0.39 is 54.2 Å². The topological polar surface area (TPSA) is 183 Å². The first-order chi connectivity index (χ1) is 16.6. The molecule has 0 aliphatic heterocycles. The lowest BCUT2D eigenvalue weighted by Gasteiger charge is -2.42. The summed E-state index contributed by atoms with van der Waals surface area (Å²) in [5.41, 5.74) is 4.06. The van der Waals surface area contributed by atoms with Crippen molar-refractivity contribution < 1.29 is 34.4 Å². The number of benzene rings is 1. The van der Waals surface area contributed by atoms with Gasteiger partial charge in [0.2, 0.25) is 5.91 Å². The molecule has 5 atom stereocenters. The molecule has 0 radical (unpaired) electrons. The van der Waals surface area contributed by atoms with E-state index in [1.165, 1.54) is 7.11 Å². The molecule has 2 aliphatic rings. The number of hydrogen-bond acceptors (Lipinski definition) is 7. The molecule has 11 nitrogen and oxygen atoms in total. The maximum Gasteiger partial charge on any atom is 0.315 e. The molecular weight excluding hydrogens is 456 g/mol. The minimum Gasteiger partial charge on any atom is -0.497 e. The molecule has 3 rings (SSSR count). The number of amides is 4. The molecule has 2 fully saturated rings. The number of hydrogen-bond donors (Lipinski definition) is 7. The zero-order valence-electron chi connectivity index (χ0n) is 19.9. The fraction of sp³-hybridized carbons (Fsp3) is 0.625. The highest BCUT2D eigenvalue weighted by molar-refractivity contribution is 5.91. The van der Waals surface area contributed by atoms with E-state index in [0.29, 0.717) is 11.3 Å². The van der Waals surface area contributed by atoms with Crippen LogP contribution in [0.4, 0.5) is 4.79 Å². The highest BCUT2D eigenvalue weighted by atomic mass is 16.5. The average molecular weight is 493 g/mol. The van der Waals surface area contributed by atoms with Crippen LogP contribution in [0.3, 0.4) is 0 Å². The molecule has 2 saturated carbocycles. The van der Waals surface area contributed by atoms with Crippen LogP contribution < -0.4 is 26.4 Å². The molecule has 0 bridgehead atoms.